The number of carbonyl (C=O) groups excluding carboxylic acids is 1. The zero-order valence-corrected chi connectivity index (χ0v) is 12.1. The van der Waals surface area contributed by atoms with E-state index in [9.17, 15) is 4.79 Å². The van der Waals surface area contributed by atoms with E-state index >= 15 is 0 Å². The molecule has 0 amide bonds. The van der Waals surface area contributed by atoms with Gasteiger partial charge in [-0.1, -0.05) is 41.4 Å². The summed E-state index contributed by atoms with van der Waals surface area (Å²) in [7, 11) is 0. The van der Waals surface area contributed by atoms with Gasteiger partial charge < -0.3 is 4.74 Å². The van der Waals surface area contributed by atoms with Gasteiger partial charge in [-0.3, -0.25) is 4.79 Å². The molecule has 2 aromatic carbocycles. The molecule has 0 radical (unpaired) electrons. The molecule has 0 saturated heterocycles. The van der Waals surface area contributed by atoms with E-state index in [1.54, 1.807) is 12.1 Å². The Morgan fingerprint density at radius 2 is 1.79 bits per heavy atom. The lowest BCUT2D eigenvalue weighted by Crippen LogP contribution is -2.10. The normalized spacial score (nSPS) is 10.2. The second kappa shape index (κ2) is 6.85. The molecule has 2 nitrogen and oxygen atoms in total. The number of benzene rings is 2. The fourth-order valence-electron chi connectivity index (χ4n) is 1.36. The van der Waals surface area contributed by atoms with Gasteiger partial charge in [0.25, 0.3) is 0 Å². The van der Waals surface area contributed by atoms with Crippen LogP contribution in [0.4, 0.5) is 0 Å². The third kappa shape index (κ3) is 4.46. The largest absolute Gasteiger partial charge is 0.426 e. The summed E-state index contributed by atoms with van der Waals surface area (Å²) in [5.41, 5.74) is 0. The fraction of sp³-hybridized carbons (Fsp3) is 0.0714. The average Bonchev–Trinajstić information content (AvgIpc) is 2.42. The molecule has 98 valence electrons. The number of carbonyl (C=O) groups is 1. The summed E-state index contributed by atoms with van der Waals surface area (Å²) in [4.78, 5) is 12.7. The van der Waals surface area contributed by atoms with E-state index in [0.717, 1.165) is 4.90 Å². The fourth-order valence-corrected chi connectivity index (χ4v) is 2.34. The second-order valence-electron chi connectivity index (χ2n) is 3.65. The third-order valence-corrected chi connectivity index (χ3v) is 3.95. The van der Waals surface area contributed by atoms with Gasteiger partial charge in [0.05, 0.1) is 15.8 Å². The van der Waals surface area contributed by atoms with Gasteiger partial charge in [0.15, 0.2) is 0 Å². The second-order valence-corrected chi connectivity index (χ2v) is 5.51. The lowest BCUT2D eigenvalue weighted by atomic mass is 10.3. The van der Waals surface area contributed by atoms with Gasteiger partial charge in [0.1, 0.15) is 5.75 Å². The summed E-state index contributed by atoms with van der Waals surface area (Å²) < 4.78 is 5.17. The van der Waals surface area contributed by atoms with Crippen molar-refractivity contribution in [1.29, 1.82) is 0 Å². The van der Waals surface area contributed by atoms with Crippen LogP contribution in [-0.2, 0) is 4.79 Å². The van der Waals surface area contributed by atoms with Crippen molar-refractivity contribution in [2.45, 2.75) is 4.90 Å². The first kappa shape index (κ1) is 14.3. The van der Waals surface area contributed by atoms with E-state index in [1.807, 2.05) is 30.3 Å². The van der Waals surface area contributed by atoms with Crippen LogP contribution >= 0.6 is 35.0 Å². The molecule has 0 saturated carbocycles. The van der Waals surface area contributed by atoms with Crippen LogP contribution in [0.2, 0.25) is 10.0 Å². The Labute approximate surface area is 125 Å². The maximum Gasteiger partial charge on any atom is 0.321 e. The van der Waals surface area contributed by atoms with Gasteiger partial charge in [-0.15, -0.1) is 11.8 Å². The number of hydrogen-bond acceptors (Lipinski definition) is 3. The molecule has 0 aliphatic rings. The molecule has 0 unspecified atom stereocenters. The Kier molecular flexibility index (Phi) is 5.14. The van der Waals surface area contributed by atoms with Crippen LogP contribution in [0.25, 0.3) is 0 Å². The molecule has 19 heavy (non-hydrogen) atoms. The Morgan fingerprint density at radius 3 is 2.47 bits per heavy atom. The van der Waals surface area contributed by atoms with Crippen molar-refractivity contribution in [3.63, 3.8) is 0 Å². The molecule has 0 spiro atoms. The summed E-state index contributed by atoms with van der Waals surface area (Å²) in [6.45, 7) is 0. The molecule has 0 atom stereocenters. The number of ether oxygens (including phenoxy) is 1. The van der Waals surface area contributed by atoms with Crippen LogP contribution in [-0.4, -0.2) is 11.7 Å². The first-order valence-corrected chi connectivity index (χ1v) is 7.23. The zero-order chi connectivity index (χ0) is 13.7. The van der Waals surface area contributed by atoms with Crippen LogP contribution in [0.1, 0.15) is 0 Å². The molecule has 0 aromatic heterocycles. The maximum absolute atomic E-state index is 11.7. The van der Waals surface area contributed by atoms with Gasteiger partial charge in [-0.05, 0) is 24.3 Å². The molecule has 2 aromatic rings. The van der Waals surface area contributed by atoms with Crippen molar-refractivity contribution < 1.29 is 9.53 Å². The highest BCUT2D eigenvalue weighted by Crippen LogP contribution is 2.26. The van der Waals surface area contributed by atoms with Gasteiger partial charge in [0.2, 0.25) is 0 Å². The zero-order valence-electron chi connectivity index (χ0n) is 9.81. The first-order valence-electron chi connectivity index (χ1n) is 5.49. The summed E-state index contributed by atoms with van der Waals surface area (Å²) in [5, 5.41) is 0.794. The van der Waals surface area contributed by atoms with E-state index in [4.69, 9.17) is 27.9 Å². The number of halogens is 2. The van der Waals surface area contributed by atoms with E-state index in [-0.39, 0.29) is 11.7 Å². The van der Waals surface area contributed by atoms with Crippen LogP contribution in [0.15, 0.2) is 53.4 Å². The lowest BCUT2D eigenvalue weighted by Gasteiger charge is -2.05. The van der Waals surface area contributed by atoms with E-state index in [0.29, 0.717) is 15.8 Å². The Morgan fingerprint density at radius 1 is 1.05 bits per heavy atom. The molecule has 0 heterocycles. The summed E-state index contributed by atoms with van der Waals surface area (Å²) in [5.74, 6) is 0.310. The Balaban J connectivity index is 1.89. The predicted molar refractivity (Wildman–Crippen MR) is 79.3 cm³/mol. The van der Waals surface area contributed by atoms with Crippen LogP contribution in [0, 0.1) is 0 Å². The van der Waals surface area contributed by atoms with Crippen molar-refractivity contribution in [2.75, 3.05) is 5.75 Å². The SMILES string of the molecule is O=C(CSc1ccccc1)Oc1ccc(Cl)c(Cl)c1. The van der Waals surface area contributed by atoms with Crippen molar-refractivity contribution >= 4 is 40.9 Å². The molecule has 5 heteroatoms. The quantitative estimate of drug-likeness (QED) is 0.465. The molecule has 0 aliphatic heterocycles. The number of thioether (sulfide) groups is 1. The smallest absolute Gasteiger partial charge is 0.321 e. The Hall–Kier alpha value is -1.16. The van der Waals surface area contributed by atoms with Crippen molar-refractivity contribution in [1.82, 2.24) is 0 Å². The molecule has 0 aliphatic carbocycles. The van der Waals surface area contributed by atoms with Crippen LogP contribution in [0.5, 0.6) is 5.75 Å². The van der Waals surface area contributed by atoms with Crippen molar-refractivity contribution in [3.8, 4) is 5.75 Å². The minimum atomic E-state index is -0.327. The molecular formula is C14H10Cl2O2S. The molecule has 2 rings (SSSR count). The van der Waals surface area contributed by atoms with E-state index < -0.39 is 0 Å². The lowest BCUT2D eigenvalue weighted by molar-refractivity contribution is -0.131. The van der Waals surface area contributed by atoms with Gasteiger partial charge >= 0.3 is 5.97 Å². The predicted octanol–water partition coefficient (Wildman–Crippen LogP) is 4.69. The molecule has 0 bridgehead atoms. The van der Waals surface area contributed by atoms with Gasteiger partial charge in [-0.25, -0.2) is 0 Å². The topological polar surface area (TPSA) is 26.3 Å². The number of hydrogen-bond donors (Lipinski definition) is 0. The van der Waals surface area contributed by atoms with Gasteiger partial charge in [-0.2, -0.15) is 0 Å². The highest BCUT2D eigenvalue weighted by Gasteiger charge is 2.07. The van der Waals surface area contributed by atoms with Crippen molar-refractivity contribution in [2.24, 2.45) is 0 Å². The number of rotatable bonds is 4. The highest BCUT2D eigenvalue weighted by atomic mass is 35.5. The minimum Gasteiger partial charge on any atom is -0.426 e. The van der Waals surface area contributed by atoms with Gasteiger partial charge in [0, 0.05) is 11.0 Å². The van der Waals surface area contributed by atoms with Crippen LogP contribution < -0.4 is 4.74 Å². The standard InChI is InChI=1S/C14H10Cl2O2S/c15-12-7-6-10(8-13(12)16)18-14(17)9-19-11-4-2-1-3-5-11/h1-8H,9H2. The first-order chi connectivity index (χ1) is 9.15. The van der Waals surface area contributed by atoms with E-state index in [1.165, 1.54) is 17.8 Å². The molecular weight excluding hydrogens is 303 g/mol. The monoisotopic (exact) mass is 312 g/mol. The van der Waals surface area contributed by atoms with Crippen molar-refractivity contribution in [3.05, 3.63) is 58.6 Å². The molecule has 0 fully saturated rings. The molecule has 0 N–H and O–H groups in total. The summed E-state index contributed by atoms with van der Waals surface area (Å²) in [6, 6.07) is 14.4. The average molecular weight is 313 g/mol. The van der Waals surface area contributed by atoms with Crippen LogP contribution in [0.3, 0.4) is 0 Å². The maximum atomic E-state index is 11.7. The summed E-state index contributed by atoms with van der Waals surface area (Å²) >= 11 is 13.0. The summed E-state index contributed by atoms with van der Waals surface area (Å²) in [6.07, 6.45) is 0. The number of esters is 1. The highest BCUT2D eigenvalue weighted by molar-refractivity contribution is 8.00. The minimum absolute atomic E-state index is 0.240. The Bertz CT molecular complexity index is 573. The third-order valence-electron chi connectivity index (χ3n) is 2.22. The van der Waals surface area contributed by atoms with E-state index in [2.05, 4.69) is 0 Å².